The molecule has 150 valence electrons. The van der Waals surface area contributed by atoms with Crippen molar-refractivity contribution in [2.45, 2.75) is 26.8 Å². The smallest absolute Gasteiger partial charge is 0.241 e. The normalized spacial score (nSPS) is 11.8. The Bertz CT molecular complexity index is 841. The number of carbonyl (C=O) groups is 2. The number of hydrogen-bond acceptors (Lipinski definition) is 4. The fourth-order valence-electron chi connectivity index (χ4n) is 2.79. The lowest BCUT2D eigenvalue weighted by Gasteiger charge is -2.26. The Kier molecular flexibility index (Phi) is 7.84. The fourth-order valence-corrected chi connectivity index (χ4v) is 2.97. The summed E-state index contributed by atoms with van der Waals surface area (Å²) in [4.78, 5) is 26.9. The van der Waals surface area contributed by atoms with Crippen molar-refractivity contribution in [3.05, 3.63) is 53.1 Å². The van der Waals surface area contributed by atoms with Crippen molar-refractivity contribution in [2.75, 3.05) is 30.8 Å². The average molecular weight is 404 g/mol. The number of nitrogens with one attached hydrogen (secondary N) is 2. The molecule has 0 aromatic heterocycles. The Hall–Kier alpha value is -2.57. The highest BCUT2D eigenvalue weighted by atomic mass is 35.5. The second kappa shape index (κ2) is 10.1. The second-order valence-corrected chi connectivity index (χ2v) is 6.80. The van der Waals surface area contributed by atoms with E-state index in [1.165, 1.54) is 0 Å². The Morgan fingerprint density at radius 1 is 1.11 bits per heavy atom. The van der Waals surface area contributed by atoms with Gasteiger partial charge in [-0.2, -0.15) is 0 Å². The minimum absolute atomic E-state index is 0.0810. The first-order valence-corrected chi connectivity index (χ1v) is 9.48. The molecule has 0 saturated carbocycles. The molecule has 0 bridgehead atoms. The van der Waals surface area contributed by atoms with E-state index in [0.717, 1.165) is 5.56 Å². The zero-order valence-electron chi connectivity index (χ0n) is 16.6. The van der Waals surface area contributed by atoms with Gasteiger partial charge >= 0.3 is 0 Å². The quantitative estimate of drug-likeness (QED) is 0.700. The number of hydrogen-bond donors (Lipinski definition) is 2. The second-order valence-electron chi connectivity index (χ2n) is 6.39. The van der Waals surface area contributed by atoms with E-state index in [2.05, 4.69) is 10.6 Å². The maximum atomic E-state index is 12.7. The molecule has 0 fully saturated rings. The van der Waals surface area contributed by atoms with Crippen LogP contribution in [0.3, 0.4) is 0 Å². The number of amides is 2. The summed E-state index contributed by atoms with van der Waals surface area (Å²) < 4.78 is 5.25. The molecule has 0 saturated heterocycles. The minimum atomic E-state index is -0.494. The van der Waals surface area contributed by atoms with Gasteiger partial charge < -0.3 is 15.4 Å². The van der Waals surface area contributed by atoms with Crippen LogP contribution in [-0.4, -0.2) is 43.0 Å². The lowest BCUT2D eigenvalue weighted by atomic mass is 10.2. The van der Waals surface area contributed by atoms with E-state index >= 15 is 0 Å². The molecule has 2 rings (SSSR count). The van der Waals surface area contributed by atoms with Gasteiger partial charge in [0.2, 0.25) is 11.8 Å². The van der Waals surface area contributed by atoms with Gasteiger partial charge in [-0.05, 0) is 50.2 Å². The van der Waals surface area contributed by atoms with Crippen LogP contribution in [0.4, 0.5) is 11.4 Å². The predicted molar refractivity (Wildman–Crippen MR) is 113 cm³/mol. The van der Waals surface area contributed by atoms with Gasteiger partial charge in [0.1, 0.15) is 5.75 Å². The van der Waals surface area contributed by atoms with Crippen LogP contribution in [-0.2, 0) is 9.59 Å². The van der Waals surface area contributed by atoms with Crippen molar-refractivity contribution in [1.82, 2.24) is 4.90 Å². The van der Waals surface area contributed by atoms with Crippen molar-refractivity contribution in [2.24, 2.45) is 0 Å². The molecular weight excluding hydrogens is 378 g/mol. The highest BCUT2D eigenvalue weighted by molar-refractivity contribution is 6.31. The Balaban J connectivity index is 2.02. The summed E-state index contributed by atoms with van der Waals surface area (Å²) in [6.07, 6.45) is 0. The first kappa shape index (κ1) is 21.7. The van der Waals surface area contributed by atoms with E-state index in [0.29, 0.717) is 28.7 Å². The van der Waals surface area contributed by atoms with Gasteiger partial charge in [-0.1, -0.05) is 36.7 Å². The SMILES string of the molecule is CCN(CC(=O)Nc1ccccc1OC)C(C)C(=O)Nc1cccc(Cl)c1C. The summed E-state index contributed by atoms with van der Waals surface area (Å²) >= 11 is 6.11. The number of anilines is 2. The standard InChI is InChI=1S/C21H26ClN3O3/c1-5-25(13-20(26)23-18-10-6-7-12-19(18)28-4)15(3)21(27)24-17-11-8-9-16(22)14(17)2/h6-12,15H,5,13H2,1-4H3,(H,23,26)(H,24,27). The molecule has 0 heterocycles. The third-order valence-corrected chi connectivity index (χ3v) is 5.00. The number of likely N-dealkylation sites (N-methyl/N-ethyl adjacent to an activating group) is 1. The molecule has 2 N–H and O–H groups in total. The van der Waals surface area contributed by atoms with Crippen molar-refractivity contribution >= 4 is 34.8 Å². The van der Waals surface area contributed by atoms with Gasteiger partial charge in [-0.3, -0.25) is 14.5 Å². The molecule has 6 nitrogen and oxygen atoms in total. The molecule has 2 amide bonds. The molecule has 0 aliphatic heterocycles. The molecule has 0 aliphatic rings. The Morgan fingerprint density at radius 3 is 2.46 bits per heavy atom. The van der Waals surface area contributed by atoms with Gasteiger partial charge in [0.05, 0.1) is 25.4 Å². The van der Waals surface area contributed by atoms with Gasteiger partial charge in [-0.15, -0.1) is 0 Å². The number of benzene rings is 2. The molecule has 0 radical (unpaired) electrons. The van der Waals surface area contributed by atoms with Crippen LogP contribution in [0.2, 0.25) is 5.02 Å². The Morgan fingerprint density at radius 2 is 1.79 bits per heavy atom. The highest BCUT2D eigenvalue weighted by Gasteiger charge is 2.23. The van der Waals surface area contributed by atoms with Crippen molar-refractivity contribution in [3.63, 3.8) is 0 Å². The number of para-hydroxylation sites is 2. The number of rotatable bonds is 8. The minimum Gasteiger partial charge on any atom is -0.495 e. The number of ether oxygens (including phenoxy) is 1. The van der Waals surface area contributed by atoms with Crippen molar-refractivity contribution in [3.8, 4) is 5.75 Å². The zero-order valence-corrected chi connectivity index (χ0v) is 17.3. The summed E-state index contributed by atoms with van der Waals surface area (Å²) in [5, 5.41) is 6.31. The van der Waals surface area contributed by atoms with Gasteiger partial charge in [0.25, 0.3) is 0 Å². The molecule has 2 aromatic carbocycles. The molecule has 2 aromatic rings. The average Bonchev–Trinajstić information content (AvgIpc) is 2.69. The summed E-state index contributed by atoms with van der Waals surface area (Å²) in [6, 6.07) is 12.1. The molecule has 1 unspecified atom stereocenters. The van der Waals surface area contributed by atoms with Gasteiger partial charge in [0.15, 0.2) is 0 Å². The fraction of sp³-hybridized carbons (Fsp3) is 0.333. The summed E-state index contributed by atoms with van der Waals surface area (Å²) in [5.74, 6) is 0.170. The molecule has 28 heavy (non-hydrogen) atoms. The van der Waals surface area contributed by atoms with Crippen LogP contribution in [0.1, 0.15) is 19.4 Å². The van der Waals surface area contributed by atoms with E-state index in [1.54, 1.807) is 49.3 Å². The predicted octanol–water partition coefficient (Wildman–Crippen LogP) is 3.94. The first-order valence-electron chi connectivity index (χ1n) is 9.10. The van der Waals surface area contributed by atoms with Gasteiger partial charge in [-0.25, -0.2) is 0 Å². The monoisotopic (exact) mass is 403 g/mol. The summed E-state index contributed by atoms with van der Waals surface area (Å²) in [6.45, 7) is 6.15. The lowest BCUT2D eigenvalue weighted by Crippen LogP contribution is -2.45. The lowest BCUT2D eigenvalue weighted by molar-refractivity contribution is -0.123. The number of carbonyl (C=O) groups excluding carboxylic acids is 2. The van der Waals surface area contributed by atoms with Crippen LogP contribution in [0.25, 0.3) is 0 Å². The molecule has 7 heteroatoms. The molecular formula is C21H26ClN3O3. The van der Waals surface area contributed by atoms with Crippen LogP contribution in [0.15, 0.2) is 42.5 Å². The van der Waals surface area contributed by atoms with Gasteiger partial charge in [0, 0.05) is 10.7 Å². The maximum Gasteiger partial charge on any atom is 0.241 e. The van der Waals surface area contributed by atoms with Crippen LogP contribution >= 0.6 is 11.6 Å². The number of nitrogens with zero attached hydrogens (tertiary/aromatic N) is 1. The molecule has 0 aliphatic carbocycles. The van der Waals surface area contributed by atoms with Crippen LogP contribution < -0.4 is 15.4 Å². The van der Waals surface area contributed by atoms with Crippen LogP contribution in [0, 0.1) is 6.92 Å². The zero-order chi connectivity index (χ0) is 20.7. The van der Waals surface area contributed by atoms with E-state index in [-0.39, 0.29) is 18.4 Å². The highest BCUT2D eigenvalue weighted by Crippen LogP contribution is 2.24. The van der Waals surface area contributed by atoms with E-state index < -0.39 is 6.04 Å². The third-order valence-electron chi connectivity index (χ3n) is 4.59. The van der Waals surface area contributed by atoms with E-state index in [4.69, 9.17) is 16.3 Å². The van der Waals surface area contributed by atoms with Crippen molar-refractivity contribution in [1.29, 1.82) is 0 Å². The first-order chi connectivity index (χ1) is 13.4. The van der Waals surface area contributed by atoms with Crippen LogP contribution in [0.5, 0.6) is 5.75 Å². The topological polar surface area (TPSA) is 70.7 Å². The Labute approximate surface area is 170 Å². The van der Waals surface area contributed by atoms with E-state index in [9.17, 15) is 9.59 Å². The van der Waals surface area contributed by atoms with E-state index in [1.807, 2.05) is 26.0 Å². The third kappa shape index (κ3) is 5.47. The number of halogens is 1. The van der Waals surface area contributed by atoms with Crippen molar-refractivity contribution < 1.29 is 14.3 Å². The molecule has 0 spiro atoms. The maximum absolute atomic E-state index is 12.7. The largest absolute Gasteiger partial charge is 0.495 e. The molecule has 1 atom stereocenters. The summed E-state index contributed by atoms with van der Waals surface area (Å²) in [5.41, 5.74) is 2.07. The number of methoxy groups -OCH3 is 1. The summed E-state index contributed by atoms with van der Waals surface area (Å²) in [7, 11) is 1.55.